The third kappa shape index (κ3) is 5.63. The number of methoxy groups -OCH3 is 1. The molecule has 0 spiro atoms. The zero-order chi connectivity index (χ0) is 27.4. The Hall–Kier alpha value is -3.49. The van der Waals surface area contributed by atoms with E-state index in [1.165, 1.54) is 23.1 Å². The maximum atomic E-state index is 13.4. The van der Waals surface area contributed by atoms with E-state index in [-0.39, 0.29) is 6.61 Å². The maximum absolute atomic E-state index is 13.4. The van der Waals surface area contributed by atoms with Gasteiger partial charge < -0.3 is 19.5 Å². The highest BCUT2D eigenvalue weighted by molar-refractivity contribution is 9.10. The van der Waals surface area contributed by atoms with E-state index in [1.54, 1.807) is 18.7 Å². The molecular formula is C25H24BrN7O4S2. The molecule has 0 saturated carbocycles. The van der Waals surface area contributed by atoms with E-state index >= 15 is 0 Å². The maximum Gasteiger partial charge on any atom is 0.338 e. The van der Waals surface area contributed by atoms with Gasteiger partial charge in [-0.25, -0.2) is 4.79 Å². The van der Waals surface area contributed by atoms with Crippen LogP contribution in [0, 0.1) is 0 Å². The van der Waals surface area contributed by atoms with Crippen LogP contribution >= 0.6 is 39.0 Å². The lowest BCUT2D eigenvalue weighted by atomic mass is 9.95. The average Bonchev–Trinajstić information content (AvgIpc) is 3.61. The zero-order valence-electron chi connectivity index (χ0n) is 21.3. The molecule has 0 amide bonds. The molecule has 202 valence electrons. The molecule has 1 aliphatic rings. The summed E-state index contributed by atoms with van der Waals surface area (Å²) in [6.07, 6.45) is 0. The number of carbonyl (C=O) groups excluding carboxylic acids is 1. The number of aromatic nitrogens is 6. The number of ether oxygens (including phenoxy) is 3. The van der Waals surface area contributed by atoms with E-state index in [4.69, 9.17) is 14.2 Å². The van der Waals surface area contributed by atoms with Gasteiger partial charge in [-0.15, -0.1) is 10.2 Å². The van der Waals surface area contributed by atoms with Crippen molar-refractivity contribution < 1.29 is 19.0 Å². The largest absolute Gasteiger partial charge is 0.492 e. The summed E-state index contributed by atoms with van der Waals surface area (Å²) in [5.74, 6) is 1.39. The highest BCUT2D eigenvalue weighted by Gasteiger charge is 2.37. The van der Waals surface area contributed by atoms with Crippen molar-refractivity contribution in [1.29, 1.82) is 0 Å². The molecule has 14 heteroatoms. The van der Waals surface area contributed by atoms with Gasteiger partial charge in [0.1, 0.15) is 11.0 Å². The second-order valence-electron chi connectivity index (χ2n) is 8.08. The minimum Gasteiger partial charge on any atom is -0.492 e. The van der Waals surface area contributed by atoms with Crippen LogP contribution in [0.3, 0.4) is 0 Å². The molecule has 1 unspecified atom stereocenters. The van der Waals surface area contributed by atoms with Crippen molar-refractivity contribution in [1.82, 2.24) is 30.4 Å². The van der Waals surface area contributed by atoms with Crippen molar-refractivity contribution in [3.05, 3.63) is 63.8 Å². The van der Waals surface area contributed by atoms with Gasteiger partial charge in [0.25, 0.3) is 0 Å². The Balaban J connectivity index is 1.55. The quantitative estimate of drug-likeness (QED) is 0.188. The average molecular weight is 631 g/mol. The molecule has 1 atom stereocenters. The molecule has 0 saturated heterocycles. The predicted molar refractivity (Wildman–Crippen MR) is 151 cm³/mol. The number of thioether (sulfide) groups is 1. The van der Waals surface area contributed by atoms with Crippen LogP contribution in [-0.4, -0.2) is 62.5 Å². The Bertz CT molecular complexity index is 1510. The molecule has 2 aromatic heterocycles. The third-order valence-electron chi connectivity index (χ3n) is 5.71. The molecular weight excluding hydrogens is 606 g/mol. The summed E-state index contributed by atoms with van der Waals surface area (Å²) in [7, 11) is 1.57. The van der Waals surface area contributed by atoms with Gasteiger partial charge in [-0.05, 0) is 57.9 Å². The van der Waals surface area contributed by atoms with E-state index in [0.717, 1.165) is 14.9 Å². The van der Waals surface area contributed by atoms with E-state index in [2.05, 4.69) is 47.0 Å². The molecule has 0 fully saturated rings. The zero-order valence-corrected chi connectivity index (χ0v) is 24.5. The van der Waals surface area contributed by atoms with Crippen LogP contribution in [-0.2, 0) is 9.53 Å². The van der Waals surface area contributed by atoms with Crippen molar-refractivity contribution >= 4 is 50.9 Å². The van der Waals surface area contributed by atoms with Crippen molar-refractivity contribution in [3.8, 4) is 22.1 Å². The lowest BCUT2D eigenvalue weighted by Crippen LogP contribution is -2.31. The normalized spacial score (nSPS) is 14.5. The highest BCUT2D eigenvalue weighted by atomic mass is 79.9. The fourth-order valence-electron chi connectivity index (χ4n) is 4.11. The molecule has 11 nitrogen and oxygen atoms in total. The Kier molecular flexibility index (Phi) is 8.43. The van der Waals surface area contributed by atoms with Gasteiger partial charge in [0, 0.05) is 17.0 Å². The van der Waals surface area contributed by atoms with Crippen LogP contribution in [0.2, 0.25) is 0 Å². The molecule has 2 aromatic carbocycles. The first-order valence-corrected chi connectivity index (χ1v) is 14.6. The molecule has 1 aliphatic heterocycles. The SMILES string of the molecule is CCOC(=O)C1=C(CSc2nnc(-c3ccccc3)s2)Nc2nnnn2C1c1cc(Br)c(OC)c(OCC)c1. The van der Waals surface area contributed by atoms with E-state index in [0.29, 0.717) is 51.1 Å². The van der Waals surface area contributed by atoms with E-state index in [9.17, 15) is 4.79 Å². The fourth-order valence-corrected chi connectivity index (χ4v) is 6.56. The standard InChI is InChI=1S/C25H24BrN7O4S2/c1-4-36-18-12-15(11-16(26)21(18)35-3)20-19(23(34)37-5-2)17(27-24-29-31-32-33(20)24)13-38-25-30-28-22(39-25)14-9-7-6-8-10-14/h6-12,20H,4-5,13H2,1-3H3,(H,27,29,32). The molecule has 0 radical (unpaired) electrons. The Labute approximate surface area is 241 Å². The summed E-state index contributed by atoms with van der Waals surface area (Å²) in [5.41, 5.74) is 2.72. The van der Waals surface area contributed by atoms with Crippen molar-refractivity contribution in [2.24, 2.45) is 0 Å². The predicted octanol–water partition coefficient (Wildman–Crippen LogP) is 4.99. The molecule has 0 aliphatic carbocycles. The topological polar surface area (TPSA) is 126 Å². The van der Waals surface area contributed by atoms with Crippen molar-refractivity contribution in [2.45, 2.75) is 24.2 Å². The van der Waals surface area contributed by atoms with Gasteiger partial charge in [0.2, 0.25) is 5.95 Å². The van der Waals surface area contributed by atoms with Crippen LogP contribution in [0.4, 0.5) is 5.95 Å². The first-order valence-electron chi connectivity index (χ1n) is 12.0. The van der Waals surface area contributed by atoms with Gasteiger partial charge in [0.15, 0.2) is 15.8 Å². The molecule has 0 bridgehead atoms. The number of tetrazole rings is 1. The van der Waals surface area contributed by atoms with E-state index < -0.39 is 12.0 Å². The van der Waals surface area contributed by atoms with Crippen molar-refractivity contribution in [3.63, 3.8) is 0 Å². The van der Waals surface area contributed by atoms with Gasteiger partial charge in [-0.1, -0.05) is 58.5 Å². The summed E-state index contributed by atoms with van der Waals surface area (Å²) >= 11 is 6.53. The molecule has 39 heavy (non-hydrogen) atoms. The Morgan fingerprint density at radius 1 is 1.15 bits per heavy atom. The molecule has 1 N–H and O–H groups in total. The van der Waals surface area contributed by atoms with Crippen molar-refractivity contribution in [2.75, 3.05) is 31.4 Å². The number of halogens is 1. The number of benzene rings is 2. The second-order valence-corrected chi connectivity index (χ2v) is 11.1. The number of esters is 1. The summed E-state index contributed by atoms with van der Waals surface area (Å²) in [6, 6.07) is 12.9. The first kappa shape index (κ1) is 27.1. The minimum atomic E-state index is -0.679. The number of carbonyl (C=O) groups is 1. The molecule has 5 rings (SSSR count). The second kappa shape index (κ2) is 12.1. The Morgan fingerprint density at radius 2 is 1.97 bits per heavy atom. The lowest BCUT2D eigenvalue weighted by molar-refractivity contribution is -0.139. The van der Waals surface area contributed by atoms with Crippen LogP contribution in [0.5, 0.6) is 11.5 Å². The summed E-state index contributed by atoms with van der Waals surface area (Å²) in [4.78, 5) is 13.4. The van der Waals surface area contributed by atoms with Crippen LogP contribution in [0.1, 0.15) is 25.5 Å². The minimum absolute atomic E-state index is 0.214. The number of fused-ring (bicyclic) bond motifs is 1. The lowest BCUT2D eigenvalue weighted by Gasteiger charge is -2.29. The summed E-state index contributed by atoms with van der Waals surface area (Å²) in [5, 5.41) is 24.9. The first-order chi connectivity index (χ1) is 19.0. The number of nitrogens with zero attached hydrogens (tertiary/aromatic N) is 6. The van der Waals surface area contributed by atoms with Gasteiger partial charge >= 0.3 is 5.97 Å². The fraction of sp³-hybridized carbons (Fsp3) is 0.280. The van der Waals surface area contributed by atoms with Crippen LogP contribution in [0.15, 0.2) is 62.5 Å². The molecule has 4 aromatic rings. The monoisotopic (exact) mass is 629 g/mol. The van der Waals surface area contributed by atoms with Gasteiger partial charge in [0.05, 0.1) is 30.4 Å². The number of hydrogen-bond acceptors (Lipinski definition) is 12. The van der Waals surface area contributed by atoms with Crippen LogP contribution < -0.4 is 14.8 Å². The summed E-state index contributed by atoms with van der Waals surface area (Å²) < 4.78 is 19.9. The van der Waals surface area contributed by atoms with E-state index in [1.807, 2.05) is 49.4 Å². The third-order valence-corrected chi connectivity index (χ3v) is 8.43. The number of nitrogens with one attached hydrogen (secondary N) is 1. The van der Waals surface area contributed by atoms with Gasteiger partial charge in [-0.3, -0.25) is 0 Å². The van der Waals surface area contributed by atoms with Crippen LogP contribution in [0.25, 0.3) is 10.6 Å². The highest BCUT2D eigenvalue weighted by Crippen LogP contribution is 2.43. The number of anilines is 1. The summed E-state index contributed by atoms with van der Waals surface area (Å²) in [6.45, 7) is 4.30. The molecule has 3 heterocycles. The smallest absolute Gasteiger partial charge is 0.338 e. The van der Waals surface area contributed by atoms with Gasteiger partial charge in [-0.2, -0.15) is 4.68 Å². The number of rotatable bonds is 10. The number of hydrogen-bond donors (Lipinski definition) is 1. The Morgan fingerprint density at radius 3 is 2.72 bits per heavy atom.